The first-order valence-corrected chi connectivity index (χ1v) is 11.7. The maximum Gasteiger partial charge on any atom is 0.251 e. The highest BCUT2D eigenvalue weighted by molar-refractivity contribution is 6.32. The van der Waals surface area contributed by atoms with E-state index in [1.807, 2.05) is 38.1 Å². The number of halogens is 1. The van der Waals surface area contributed by atoms with Gasteiger partial charge in [0.2, 0.25) is 0 Å². The number of rotatable bonds is 4. The summed E-state index contributed by atoms with van der Waals surface area (Å²) in [7, 11) is 0. The number of fused-ring (bicyclic) bond motifs is 2. The molecular formula is C25H23ClN4O5. The third-order valence-electron chi connectivity index (χ3n) is 6.50. The number of hydrogen-bond donors (Lipinski definition) is 2. The quantitative estimate of drug-likeness (QED) is 0.448. The number of hydrogen-bond acceptors (Lipinski definition) is 7. The number of carbonyl (C=O) groups is 1. The number of aliphatic hydroxyl groups is 1. The summed E-state index contributed by atoms with van der Waals surface area (Å²) in [5, 5.41) is 13.3. The lowest BCUT2D eigenvalue weighted by atomic mass is 10.0. The molecule has 2 aliphatic rings. The fourth-order valence-corrected chi connectivity index (χ4v) is 5.14. The Labute approximate surface area is 205 Å². The van der Waals surface area contributed by atoms with E-state index in [0.717, 1.165) is 16.8 Å². The van der Waals surface area contributed by atoms with Crippen LogP contribution in [0.1, 0.15) is 21.9 Å². The molecule has 10 heteroatoms. The van der Waals surface area contributed by atoms with E-state index >= 15 is 0 Å². The Morgan fingerprint density at radius 3 is 2.66 bits per heavy atom. The molecule has 0 radical (unpaired) electrons. The van der Waals surface area contributed by atoms with Crippen LogP contribution in [0.4, 0.5) is 0 Å². The minimum Gasteiger partial charge on any atom is -0.441 e. The summed E-state index contributed by atoms with van der Waals surface area (Å²) in [6.07, 6.45) is 0.286. The summed E-state index contributed by atoms with van der Waals surface area (Å²) in [6, 6.07) is 10.8. The van der Waals surface area contributed by atoms with Gasteiger partial charge in [-0.1, -0.05) is 35.9 Å². The van der Waals surface area contributed by atoms with Gasteiger partial charge in [-0.05, 0) is 19.1 Å². The SMILES string of the molecule is Cc1nc(C)c(-c2ccccc2-c2nc3cc(C(=O)N[C@@H]4CO[C@H]5[C@@H]4OC[C@H]5O)ccn3c2Cl)o1. The Balaban J connectivity index is 1.32. The fraction of sp³-hybridized carbons (Fsp3) is 0.320. The van der Waals surface area contributed by atoms with Gasteiger partial charge in [-0.15, -0.1) is 0 Å². The molecule has 9 nitrogen and oxygen atoms in total. The highest BCUT2D eigenvalue weighted by Gasteiger charge is 2.47. The predicted octanol–water partition coefficient (Wildman–Crippen LogP) is 3.18. The molecule has 0 saturated carbocycles. The van der Waals surface area contributed by atoms with Crippen LogP contribution in [0.15, 0.2) is 47.0 Å². The Bertz CT molecular complexity index is 1450. The first kappa shape index (κ1) is 22.2. The molecule has 2 N–H and O–H groups in total. The molecule has 0 spiro atoms. The number of nitrogens with one attached hydrogen (secondary N) is 1. The first-order valence-electron chi connectivity index (χ1n) is 11.3. The molecule has 1 aromatic carbocycles. The van der Waals surface area contributed by atoms with Crippen LogP contribution in [0.2, 0.25) is 5.15 Å². The second-order valence-corrected chi connectivity index (χ2v) is 9.19. The van der Waals surface area contributed by atoms with Gasteiger partial charge in [-0.3, -0.25) is 9.20 Å². The Morgan fingerprint density at radius 1 is 1.11 bits per heavy atom. The second-order valence-electron chi connectivity index (χ2n) is 8.83. The average Bonchev–Trinajstić information content (AvgIpc) is 3.59. The van der Waals surface area contributed by atoms with E-state index in [1.165, 1.54) is 0 Å². The molecule has 6 rings (SSSR count). The molecule has 0 bridgehead atoms. The van der Waals surface area contributed by atoms with Crippen LogP contribution in [-0.2, 0) is 9.47 Å². The highest BCUT2D eigenvalue weighted by atomic mass is 35.5. The lowest BCUT2D eigenvalue weighted by molar-refractivity contribution is 0.0178. The van der Waals surface area contributed by atoms with Crippen LogP contribution in [0.5, 0.6) is 0 Å². The number of amides is 1. The number of carbonyl (C=O) groups excluding carboxylic acids is 1. The van der Waals surface area contributed by atoms with Gasteiger partial charge in [-0.2, -0.15) is 0 Å². The predicted molar refractivity (Wildman–Crippen MR) is 127 cm³/mol. The van der Waals surface area contributed by atoms with Crippen molar-refractivity contribution in [3.8, 4) is 22.6 Å². The molecule has 0 aliphatic carbocycles. The third-order valence-corrected chi connectivity index (χ3v) is 6.87. The Kier molecular flexibility index (Phi) is 5.37. The molecule has 3 aromatic heterocycles. The number of nitrogens with zero attached hydrogens (tertiary/aromatic N) is 3. The van der Waals surface area contributed by atoms with Crippen molar-refractivity contribution in [3.63, 3.8) is 0 Å². The molecule has 180 valence electrons. The van der Waals surface area contributed by atoms with Gasteiger partial charge in [0.05, 0.1) is 24.9 Å². The normalized spacial score (nSPS) is 23.7. The van der Waals surface area contributed by atoms with Crippen LogP contribution in [0.3, 0.4) is 0 Å². The summed E-state index contributed by atoms with van der Waals surface area (Å²) in [5.74, 6) is 0.976. The number of oxazole rings is 1. The van der Waals surface area contributed by atoms with Gasteiger partial charge in [-0.25, -0.2) is 9.97 Å². The van der Waals surface area contributed by atoms with Crippen molar-refractivity contribution in [1.82, 2.24) is 19.7 Å². The second kappa shape index (κ2) is 8.46. The monoisotopic (exact) mass is 494 g/mol. The number of benzene rings is 1. The minimum absolute atomic E-state index is 0.206. The zero-order valence-corrected chi connectivity index (χ0v) is 19.8. The Morgan fingerprint density at radius 2 is 1.89 bits per heavy atom. The van der Waals surface area contributed by atoms with E-state index in [-0.39, 0.29) is 31.3 Å². The summed E-state index contributed by atoms with van der Waals surface area (Å²) >= 11 is 6.74. The van der Waals surface area contributed by atoms with Gasteiger partial charge < -0.3 is 24.3 Å². The third kappa shape index (κ3) is 3.71. The number of aliphatic hydroxyl groups excluding tert-OH is 1. The Hall–Kier alpha value is -3.24. The molecule has 2 saturated heterocycles. The van der Waals surface area contributed by atoms with Crippen LogP contribution in [0, 0.1) is 13.8 Å². The number of ether oxygens (including phenoxy) is 2. The van der Waals surface area contributed by atoms with E-state index in [9.17, 15) is 9.90 Å². The molecular weight excluding hydrogens is 472 g/mol. The fourth-order valence-electron chi connectivity index (χ4n) is 4.85. The molecule has 0 unspecified atom stereocenters. The van der Waals surface area contributed by atoms with E-state index in [1.54, 1.807) is 22.7 Å². The van der Waals surface area contributed by atoms with Gasteiger partial charge in [0.15, 0.2) is 11.7 Å². The summed E-state index contributed by atoms with van der Waals surface area (Å²) < 4.78 is 18.8. The maximum absolute atomic E-state index is 13.0. The smallest absolute Gasteiger partial charge is 0.251 e. The van der Waals surface area contributed by atoms with Gasteiger partial charge in [0.1, 0.15) is 34.8 Å². The number of aromatic nitrogens is 3. The molecule has 4 aromatic rings. The van der Waals surface area contributed by atoms with Crippen molar-refractivity contribution in [2.75, 3.05) is 13.2 Å². The first-order chi connectivity index (χ1) is 16.9. The zero-order chi connectivity index (χ0) is 24.3. The van der Waals surface area contributed by atoms with Gasteiger partial charge in [0.25, 0.3) is 5.91 Å². The van der Waals surface area contributed by atoms with Gasteiger partial charge in [0, 0.05) is 29.8 Å². The standard InChI is InChI=1S/C25H23ClN4O5/c1-12-21(35-13(2)27-12)16-6-4-3-5-15(16)20-24(26)30-8-7-14(9-19(30)29-20)25(32)28-17-10-33-23-18(31)11-34-22(17)23/h3-9,17-18,22-23,31H,10-11H2,1-2H3,(H,28,32)/t17-,18-,22-,23-/m1/s1. The molecule has 35 heavy (non-hydrogen) atoms. The zero-order valence-electron chi connectivity index (χ0n) is 19.1. The number of imidazole rings is 1. The number of aryl methyl sites for hydroxylation is 2. The molecule has 1 amide bonds. The van der Waals surface area contributed by atoms with Crippen molar-refractivity contribution >= 4 is 23.2 Å². The highest BCUT2D eigenvalue weighted by Crippen LogP contribution is 2.37. The lowest BCUT2D eigenvalue weighted by Gasteiger charge is -2.17. The van der Waals surface area contributed by atoms with E-state index < -0.39 is 12.2 Å². The van der Waals surface area contributed by atoms with Gasteiger partial charge >= 0.3 is 0 Å². The largest absolute Gasteiger partial charge is 0.441 e. The van der Waals surface area contributed by atoms with Crippen LogP contribution >= 0.6 is 11.6 Å². The van der Waals surface area contributed by atoms with Crippen molar-refractivity contribution in [1.29, 1.82) is 0 Å². The van der Waals surface area contributed by atoms with Crippen LogP contribution in [-0.4, -0.2) is 62.9 Å². The molecule has 5 heterocycles. The van der Waals surface area contributed by atoms with E-state index in [4.69, 9.17) is 30.5 Å². The summed E-state index contributed by atoms with van der Waals surface area (Å²) in [4.78, 5) is 22.1. The summed E-state index contributed by atoms with van der Waals surface area (Å²) in [5.41, 5.74) is 3.97. The van der Waals surface area contributed by atoms with Crippen molar-refractivity contribution in [3.05, 3.63) is 64.9 Å². The molecule has 2 aliphatic heterocycles. The van der Waals surface area contributed by atoms with Crippen molar-refractivity contribution < 1.29 is 23.8 Å². The van der Waals surface area contributed by atoms with E-state index in [0.29, 0.717) is 33.7 Å². The maximum atomic E-state index is 13.0. The van der Waals surface area contributed by atoms with E-state index in [2.05, 4.69) is 10.3 Å². The van der Waals surface area contributed by atoms with Crippen LogP contribution < -0.4 is 5.32 Å². The van der Waals surface area contributed by atoms with Crippen molar-refractivity contribution in [2.45, 2.75) is 38.2 Å². The lowest BCUT2D eigenvalue weighted by Crippen LogP contribution is -2.44. The molecule has 4 atom stereocenters. The topological polar surface area (TPSA) is 111 Å². The number of pyridine rings is 1. The van der Waals surface area contributed by atoms with Crippen molar-refractivity contribution in [2.24, 2.45) is 0 Å². The van der Waals surface area contributed by atoms with Crippen LogP contribution in [0.25, 0.3) is 28.2 Å². The molecule has 2 fully saturated rings. The summed E-state index contributed by atoms with van der Waals surface area (Å²) in [6.45, 7) is 4.20. The minimum atomic E-state index is -0.670. The average molecular weight is 495 g/mol.